The molecule has 100 valence electrons. The van der Waals surface area contributed by atoms with E-state index in [2.05, 4.69) is 0 Å². The summed E-state index contributed by atoms with van der Waals surface area (Å²) in [6.45, 7) is 3.42. The normalized spacial score (nSPS) is 12.5. The van der Waals surface area contributed by atoms with Gasteiger partial charge in [0.25, 0.3) is 0 Å². The molecule has 1 atom stereocenters. The van der Waals surface area contributed by atoms with Crippen molar-refractivity contribution in [3.05, 3.63) is 69.2 Å². The van der Waals surface area contributed by atoms with Crippen LogP contribution in [0.2, 0.25) is 5.02 Å². The molecule has 1 nitrogen and oxygen atoms in total. The first kappa shape index (κ1) is 14.0. The predicted octanol–water partition coefficient (Wildman–Crippen LogP) is 4.32. The Morgan fingerprint density at radius 1 is 1.05 bits per heavy atom. The van der Waals surface area contributed by atoms with Crippen LogP contribution in [0.4, 0.5) is 8.78 Å². The maximum atomic E-state index is 14.0. The lowest BCUT2D eigenvalue weighted by molar-refractivity contribution is 0.209. The third-order valence-corrected chi connectivity index (χ3v) is 3.36. The predicted molar refractivity (Wildman–Crippen MR) is 71.3 cm³/mol. The molecule has 0 saturated heterocycles. The molecule has 0 aliphatic rings. The molecule has 0 saturated carbocycles. The standard InChI is InChI=1S/C15H13ClF2O/c1-8-6-9(2)13(12(18)7-8)15(19)14-10(16)4-3-5-11(14)17/h3-7,15,19H,1-2H3. The molecule has 0 fully saturated rings. The molecule has 0 heterocycles. The van der Waals surface area contributed by atoms with Gasteiger partial charge in [0.05, 0.1) is 0 Å². The molecular formula is C15H13ClF2O. The number of benzene rings is 2. The van der Waals surface area contributed by atoms with E-state index in [0.29, 0.717) is 5.56 Å². The van der Waals surface area contributed by atoms with E-state index in [-0.39, 0.29) is 16.1 Å². The topological polar surface area (TPSA) is 20.2 Å². The molecule has 1 unspecified atom stereocenters. The molecule has 0 amide bonds. The van der Waals surface area contributed by atoms with Crippen LogP contribution in [0.15, 0.2) is 30.3 Å². The van der Waals surface area contributed by atoms with Crippen molar-refractivity contribution in [3.63, 3.8) is 0 Å². The summed E-state index contributed by atoms with van der Waals surface area (Å²) in [6.07, 6.45) is -1.42. The molecule has 2 rings (SSSR count). The van der Waals surface area contributed by atoms with Crippen LogP contribution in [0.3, 0.4) is 0 Å². The van der Waals surface area contributed by atoms with Gasteiger partial charge in [-0.2, -0.15) is 0 Å². The first-order valence-corrected chi connectivity index (χ1v) is 6.18. The summed E-state index contributed by atoms with van der Waals surface area (Å²) < 4.78 is 27.7. The van der Waals surface area contributed by atoms with Crippen molar-refractivity contribution in [1.29, 1.82) is 0 Å². The van der Waals surface area contributed by atoms with E-state index in [0.717, 1.165) is 5.56 Å². The van der Waals surface area contributed by atoms with Gasteiger partial charge in [0.1, 0.15) is 17.7 Å². The van der Waals surface area contributed by atoms with Gasteiger partial charge in [-0.1, -0.05) is 23.7 Å². The summed E-state index contributed by atoms with van der Waals surface area (Å²) in [6, 6.07) is 7.12. The van der Waals surface area contributed by atoms with Crippen LogP contribution in [-0.2, 0) is 0 Å². The van der Waals surface area contributed by atoms with E-state index in [9.17, 15) is 13.9 Å². The number of aliphatic hydroxyl groups excluding tert-OH is 1. The van der Waals surface area contributed by atoms with Gasteiger partial charge < -0.3 is 5.11 Å². The second-order valence-corrected chi connectivity index (χ2v) is 4.92. The highest BCUT2D eigenvalue weighted by atomic mass is 35.5. The molecule has 1 N–H and O–H groups in total. The molecule has 2 aromatic rings. The molecule has 0 bridgehead atoms. The molecule has 19 heavy (non-hydrogen) atoms. The minimum Gasteiger partial charge on any atom is -0.383 e. The third kappa shape index (κ3) is 2.62. The zero-order valence-electron chi connectivity index (χ0n) is 10.5. The number of aryl methyl sites for hydroxylation is 2. The van der Waals surface area contributed by atoms with Crippen molar-refractivity contribution in [3.8, 4) is 0 Å². The van der Waals surface area contributed by atoms with Gasteiger partial charge >= 0.3 is 0 Å². The number of rotatable bonds is 2. The highest BCUT2D eigenvalue weighted by molar-refractivity contribution is 6.31. The van der Waals surface area contributed by atoms with E-state index < -0.39 is 17.7 Å². The first-order chi connectivity index (χ1) is 8.91. The van der Waals surface area contributed by atoms with Crippen LogP contribution in [0.25, 0.3) is 0 Å². The Morgan fingerprint density at radius 3 is 2.32 bits per heavy atom. The summed E-state index contributed by atoms with van der Waals surface area (Å²) in [4.78, 5) is 0. The first-order valence-electron chi connectivity index (χ1n) is 5.80. The summed E-state index contributed by atoms with van der Waals surface area (Å²) in [7, 11) is 0. The molecule has 0 aromatic heterocycles. The molecule has 4 heteroatoms. The van der Waals surface area contributed by atoms with E-state index in [4.69, 9.17) is 11.6 Å². The number of aliphatic hydroxyl groups is 1. The summed E-state index contributed by atoms with van der Waals surface area (Å²) in [5.41, 5.74) is 1.25. The van der Waals surface area contributed by atoms with Crippen molar-refractivity contribution in [2.24, 2.45) is 0 Å². The molecular weight excluding hydrogens is 270 g/mol. The number of hydrogen-bond acceptors (Lipinski definition) is 1. The fourth-order valence-corrected chi connectivity index (χ4v) is 2.46. The van der Waals surface area contributed by atoms with E-state index in [1.54, 1.807) is 19.9 Å². The lowest BCUT2D eigenvalue weighted by atomic mass is 9.95. The number of hydrogen-bond donors (Lipinski definition) is 1. The Morgan fingerprint density at radius 2 is 1.74 bits per heavy atom. The van der Waals surface area contributed by atoms with Crippen LogP contribution in [-0.4, -0.2) is 5.11 Å². The lowest BCUT2D eigenvalue weighted by Crippen LogP contribution is -2.08. The second-order valence-electron chi connectivity index (χ2n) is 4.52. The van der Waals surface area contributed by atoms with Gasteiger partial charge in [-0.25, -0.2) is 8.78 Å². The van der Waals surface area contributed by atoms with Crippen molar-refractivity contribution in [2.45, 2.75) is 20.0 Å². The molecule has 2 aromatic carbocycles. The van der Waals surface area contributed by atoms with E-state index in [1.165, 1.54) is 24.3 Å². The van der Waals surface area contributed by atoms with Gasteiger partial charge in [-0.05, 0) is 43.2 Å². The maximum Gasteiger partial charge on any atom is 0.130 e. The monoisotopic (exact) mass is 282 g/mol. The largest absolute Gasteiger partial charge is 0.383 e. The van der Waals surface area contributed by atoms with Gasteiger partial charge in [0, 0.05) is 16.1 Å². The highest BCUT2D eigenvalue weighted by Crippen LogP contribution is 2.33. The fourth-order valence-electron chi connectivity index (χ4n) is 2.19. The van der Waals surface area contributed by atoms with Crippen molar-refractivity contribution >= 4 is 11.6 Å². The van der Waals surface area contributed by atoms with Gasteiger partial charge in [0.15, 0.2) is 0 Å². The van der Waals surface area contributed by atoms with Crippen molar-refractivity contribution in [1.82, 2.24) is 0 Å². The van der Waals surface area contributed by atoms with Crippen LogP contribution in [0, 0.1) is 25.5 Å². The molecule has 0 aliphatic carbocycles. The minimum absolute atomic E-state index is 0.0533. The minimum atomic E-state index is -1.42. The summed E-state index contributed by atoms with van der Waals surface area (Å²) >= 11 is 5.89. The molecule has 0 radical (unpaired) electrons. The van der Waals surface area contributed by atoms with Gasteiger partial charge in [-0.15, -0.1) is 0 Å². The van der Waals surface area contributed by atoms with Crippen LogP contribution in [0.1, 0.15) is 28.4 Å². The number of halogens is 3. The van der Waals surface area contributed by atoms with Crippen LogP contribution >= 0.6 is 11.6 Å². The van der Waals surface area contributed by atoms with Crippen LogP contribution < -0.4 is 0 Å². The third-order valence-electron chi connectivity index (χ3n) is 3.03. The van der Waals surface area contributed by atoms with E-state index in [1.807, 2.05) is 0 Å². The Balaban J connectivity index is 2.60. The van der Waals surface area contributed by atoms with E-state index >= 15 is 0 Å². The molecule has 0 spiro atoms. The summed E-state index contributed by atoms with van der Waals surface area (Å²) in [5.74, 6) is -1.22. The average molecular weight is 283 g/mol. The Kier molecular flexibility index (Phi) is 3.88. The van der Waals surface area contributed by atoms with Crippen molar-refractivity contribution < 1.29 is 13.9 Å². The highest BCUT2D eigenvalue weighted by Gasteiger charge is 2.23. The summed E-state index contributed by atoms with van der Waals surface area (Å²) in [5, 5.41) is 10.3. The Labute approximate surface area is 115 Å². The SMILES string of the molecule is Cc1cc(C)c(C(O)c2c(F)cccc2Cl)c(F)c1. The van der Waals surface area contributed by atoms with Gasteiger partial charge in [0.2, 0.25) is 0 Å². The zero-order chi connectivity index (χ0) is 14.2. The van der Waals surface area contributed by atoms with Gasteiger partial charge in [-0.3, -0.25) is 0 Å². The maximum absolute atomic E-state index is 14.0. The molecule has 0 aliphatic heterocycles. The lowest BCUT2D eigenvalue weighted by Gasteiger charge is -2.17. The second kappa shape index (κ2) is 5.27. The Hall–Kier alpha value is -1.45. The smallest absolute Gasteiger partial charge is 0.130 e. The van der Waals surface area contributed by atoms with Crippen molar-refractivity contribution in [2.75, 3.05) is 0 Å². The quantitative estimate of drug-likeness (QED) is 0.870. The van der Waals surface area contributed by atoms with Crippen LogP contribution in [0.5, 0.6) is 0 Å². The zero-order valence-corrected chi connectivity index (χ0v) is 11.3. The Bertz CT molecular complexity index is 582. The average Bonchev–Trinajstić information content (AvgIpc) is 2.26. The fraction of sp³-hybridized carbons (Fsp3) is 0.200.